The minimum absolute atomic E-state index is 0.00529. The summed E-state index contributed by atoms with van der Waals surface area (Å²) in [7, 11) is 0. The normalized spacial score (nSPS) is 16.0. The lowest BCUT2D eigenvalue weighted by Crippen LogP contribution is -2.47. The fraction of sp³-hybridized carbons (Fsp3) is 0.538. The van der Waals surface area contributed by atoms with Crippen molar-refractivity contribution < 1.29 is 9.90 Å². The monoisotopic (exact) mass is 290 g/mol. The molecule has 0 unspecified atom stereocenters. The molecule has 0 aromatic carbocycles. The third-order valence-corrected chi connectivity index (χ3v) is 3.59. The maximum Gasteiger partial charge on any atom is 0.358 e. The van der Waals surface area contributed by atoms with E-state index in [9.17, 15) is 4.79 Å². The molecule has 0 bridgehead atoms. The second kappa shape index (κ2) is 5.65. The molecule has 0 saturated carbocycles. The summed E-state index contributed by atoms with van der Waals surface area (Å²) in [4.78, 5) is 13.0. The highest BCUT2D eigenvalue weighted by Crippen LogP contribution is 2.22. The number of hydrogen-bond donors (Lipinski definition) is 1. The molecule has 2 aromatic rings. The Balaban J connectivity index is 1.51. The van der Waals surface area contributed by atoms with Crippen LogP contribution in [0.25, 0.3) is 0 Å². The van der Waals surface area contributed by atoms with E-state index < -0.39 is 5.97 Å². The molecule has 1 fully saturated rings. The van der Waals surface area contributed by atoms with Gasteiger partial charge in [0.05, 0.1) is 18.4 Å². The smallest absolute Gasteiger partial charge is 0.358 e. The fourth-order valence-electron chi connectivity index (χ4n) is 2.49. The molecule has 8 heteroatoms. The summed E-state index contributed by atoms with van der Waals surface area (Å²) in [6.07, 6.45) is 6.55. The molecule has 0 spiro atoms. The molecule has 3 rings (SSSR count). The molecule has 1 aliphatic rings. The molecule has 1 saturated heterocycles. The van der Waals surface area contributed by atoms with Crippen LogP contribution in [-0.4, -0.2) is 53.8 Å². The predicted molar refractivity (Wildman–Crippen MR) is 73.8 cm³/mol. The van der Waals surface area contributed by atoms with E-state index in [0.29, 0.717) is 0 Å². The lowest BCUT2D eigenvalue weighted by molar-refractivity contribution is 0.0690. The van der Waals surface area contributed by atoms with Gasteiger partial charge in [0.1, 0.15) is 0 Å². The fourth-order valence-corrected chi connectivity index (χ4v) is 2.49. The first kappa shape index (κ1) is 13.7. The van der Waals surface area contributed by atoms with E-state index in [0.717, 1.165) is 32.6 Å². The highest BCUT2D eigenvalue weighted by molar-refractivity contribution is 5.84. The van der Waals surface area contributed by atoms with Gasteiger partial charge in [-0.15, -0.1) is 5.10 Å². The highest BCUT2D eigenvalue weighted by Gasteiger charge is 2.29. The van der Waals surface area contributed by atoms with Crippen molar-refractivity contribution in [3.63, 3.8) is 0 Å². The average Bonchev–Trinajstić information content (AvgIpc) is 3.02. The number of rotatable bonds is 6. The number of aromatic nitrogens is 5. The van der Waals surface area contributed by atoms with Gasteiger partial charge >= 0.3 is 5.97 Å². The molecule has 8 nitrogen and oxygen atoms in total. The molecule has 0 amide bonds. The summed E-state index contributed by atoms with van der Waals surface area (Å²) in [6.45, 7) is 5.63. The van der Waals surface area contributed by atoms with E-state index in [-0.39, 0.29) is 11.7 Å². The number of likely N-dealkylation sites (tertiary alicyclic amines) is 1. The average molecular weight is 290 g/mol. The molecule has 3 heterocycles. The number of hydrogen-bond acceptors (Lipinski definition) is 5. The zero-order valence-electron chi connectivity index (χ0n) is 11.9. The molecular formula is C13H18N6O2. The van der Waals surface area contributed by atoms with E-state index in [4.69, 9.17) is 5.11 Å². The van der Waals surface area contributed by atoms with Crippen LogP contribution < -0.4 is 0 Å². The maximum atomic E-state index is 10.8. The van der Waals surface area contributed by atoms with Gasteiger partial charge in [0, 0.05) is 37.9 Å². The van der Waals surface area contributed by atoms with Crippen LogP contribution in [0.5, 0.6) is 0 Å². The van der Waals surface area contributed by atoms with Crippen molar-refractivity contribution in [2.75, 3.05) is 13.1 Å². The van der Waals surface area contributed by atoms with Crippen LogP contribution in [0.3, 0.4) is 0 Å². The van der Waals surface area contributed by atoms with E-state index >= 15 is 0 Å². The molecule has 0 aliphatic carbocycles. The van der Waals surface area contributed by atoms with Crippen LogP contribution in [0, 0.1) is 0 Å². The van der Waals surface area contributed by atoms with Gasteiger partial charge in [0.25, 0.3) is 0 Å². The Kier molecular flexibility index (Phi) is 3.70. The topological polar surface area (TPSA) is 89.1 Å². The van der Waals surface area contributed by atoms with E-state index in [1.54, 1.807) is 4.68 Å². The van der Waals surface area contributed by atoms with Gasteiger partial charge in [-0.2, -0.15) is 5.10 Å². The maximum absolute atomic E-state index is 10.8. The number of carboxylic acid groups (broad SMARTS) is 1. The van der Waals surface area contributed by atoms with Gasteiger partial charge < -0.3 is 5.11 Å². The molecule has 21 heavy (non-hydrogen) atoms. The van der Waals surface area contributed by atoms with Crippen molar-refractivity contribution in [2.24, 2.45) is 0 Å². The lowest BCUT2D eigenvalue weighted by atomic mass is 10.1. The lowest BCUT2D eigenvalue weighted by Gasteiger charge is -2.38. The summed E-state index contributed by atoms with van der Waals surface area (Å²) in [5.41, 5.74) is 1.20. The number of nitrogens with zero attached hydrogens (tertiary/aromatic N) is 6. The first-order valence-corrected chi connectivity index (χ1v) is 7.04. The van der Waals surface area contributed by atoms with E-state index in [1.807, 2.05) is 10.9 Å². The summed E-state index contributed by atoms with van der Waals surface area (Å²) in [6, 6.07) is 0.205. The number of aryl methyl sites for hydroxylation is 1. The summed E-state index contributed by atoms with van der Waals surface area (Å²) in [5, 5.41) is 20.6. The summed E-state index contributed by atoms with van der Waals surface area (Å²) in [5.74, 6) is -1.04. The van der Waals surface area contributed by atoms with Crippen molar-refractivity contribution >= 4 is 5.97 Å². The molecule has 112 valence electrons. The molecule has 2 aromatic heterocycles. The van der Waals surface area contributed by atoms with Gasteiger partial charge in [-0.1, -0.05) is 12.1 Å². The summed E-state index contributed by atoms with van der Waals surface area (Å²) >= 11 is 0. The first-order chi connectivity index (χ1) is 10.2. The van der Waals surface area contributed by atoms with Crippen molar-refractivity contribution in [2.45, 2.75) is 32.5 Å². The Morgan fingerprint density at radius 3 is 2.90 bits per heavy atom. The van der Waals surface area contributed by atoms with Gasteiger partial charge in [-0.3, -0.25) is 9.58 Å². The largest absolute Gasteiger partial charge is 0.476 e. The van der Waals surface area contributed by atoms with E-state index in [2.05, 4.69) is 33.4 Å². The minimum atomic E-state index is -1.04. The van der Waals surface area contributed by atoms with Crippen LogP contribution in [0.1, 0.15) is 35.4 Å². The van der Waals surface area contributed by atoms with E-state index in [1.165, 1.54) is 11.8 Å². The molecule has 1 aliphatic heterocycles. The molecule has 0 radical (unpaired) electrons. The van der Waals surface area contributed by atoms with Gasteiger partial charge in [0.2, 0.25) is 0 Å². The summed E-state index contributed by atoms with van der Waals surface area (Å²) < 4.78 is 3.60. The standard InChI is InChI=1S/C13H18N6O2/c1-2-3-18-6-10(4-14-18)5-17-7-11(8-17)19-9-12(13(20)21)15-16-19/h4,6,9,11H,2-3,5,7-8H2,1H3,(H,20,21). The van der Waals surface area contributed by atoms with Gasteiger partial charge in [-0.05, 0) is 6.42 Å². The second-order valence-corrected chi connectivity index (χ2v) is 5.35. The van der Waals surface area contributed by atoms with Crippen molar-refractivity contribution in [1.82, 2.24) is 29.7 Å². The SMILES string of the molecule is CCCn1cc(CN2CC(n3cc(C(=O)O)nn3)C2)cn1. The van der Waals surface area contributed by atoms with Crippen molar-refractivity contribution in [3.8, 4) is 0 Å². The highest BCUT2D eigenvalue weighted by atomic mass is 16.4. The quantitative estimate of drug-likeness (QED) is 0.839. The van der Waals surface area contributed by atoms with Crippen LogP contribution >= 0.6 is 0 Å². The molecular weight excluding hydrogens is 272 g/mol. The van der Waals surface area contributed by atoms with Gasteiger partial charge in [0.15, 0.2) is 5.69 Å². The predicted octanol–water partition coefficient (Wildman–Crippen LogP) is 0.640. The Morgan fingerprint density at radius 2 is 2.24 bits per heavy atom. The third-order valence-electron chi connectivity index (χ3n) is 3.59. The number of aromatic carboxylic acids is 1. The van der Waals surface area contributed by atoms with Crippen LogP contribution in [0.2, 0.25) is 0 Å². The van der Waals surface area contributed by atoms with Crippen LogP contribution in [0.4, 0.5) is 0 Å². The minimum Gasteiger partial charge on any atom is -0.476 e. The Hall–Kier alpha value is -2.22. The molecule has 1 N–H and O–H groups in total. The Labute approximate surface area is 122 Å². The molecule has 0 atom stereocenters. The number of carboxylic acids is 1. The number of carbonyl (C=O) groups is 1. The first-order valence-electron chi connectivity index (χ1n) is 7.04. The Bertz CT molecular complexity index is 628. The van der Waals surface area contributed by atoms with Crippen molar-refractivity contribution in [1.29, 1.82) is 0 Å². The van der Waals surface area contributed by atoms with Crippen LogP contribution in [0.15, 0.2) is 18.6 Å². The second-order valence-electron chi connectivity index (χ2n) is 5.35. The van der Waals surface area contributed by atoms with Gasteiger partial charge in [-0.25, -0.2) is 9.48 Å². The Morgan fingerprint density at radius 1 is 1.43 bits per heavy atom. The third kappa shape index (κ3) is 2.94. The van der Waals surface area contributed by atoms with Crippen molar-refractivity contribution in [3.05, 3.63) is 29.8 Å². The van der Waals surface area contributed by atoms with Crippen LogP contribution in [-0.2, 0) is 13.1 Å². The zero-order chi connectivity index (χ0) is 14.8. The zero-order valence-corrected chi connectivity index (χ0v) is 11.9.